The van der Waals surface area contributed by atoms with Crippen LogP contribution in [0.15, 0.2) is 41.6 Å². The highest BCUT2D eigenvalue weighted by molar-refractivity contribution is 7.92. The number of carbonyl (C=O) groups excluding carboxylic acids is 1. The van der Waals surface area contributed by atoms with Gasteiger partial charge < -0.3 is 15.1 Å². The number of anilines is 4. The lowest BCUT2D eigenvalue weighted by atomic mass is 10.0. The van der Waals surface area contributed by atoms with Crippen molar-refractivity contribution >= 4 is 61.3 Å². The zero-order valence-corrected chi connectivity index (χ0v) is 23.1. The topological polar surface area (TPSA) is 120 Å². The van der Waals surface area contributed by atoms with E-state index in [0.717, 1.165) is 26.2 Å². The van der Waals surface area contributed by atoms with E-state index in [-0.39, 0.29) is 27.6 Å². The van der Waals surface area contributed by atoms with E-state index in [4.69, 9.17) is 11.6 Å². The van der Waals surface area contributed by atoms with E-state index in [0.29, 0.717) is 27.5 Å². The second kappa shape index (κ2) is 10.2. The van der Waals surface area contributed by atoms with E-state index in [9.17, 15) is 13.2 Å². The maximum absolute atomic E-state index is 13.0. The molecule has 2 N–H and O–H groups in total. The fourth-order valence-corrected chi connectivity index (χ4v) is 6.91. The Morgan fingerprint density at radius 3 is 2.49 bits per heavy atom. The van der Waals surface area contributed by atoms with Crippen LogP contribution >= 0.6 is 22.9 Å². The molecule has 1 amide bonds. The molecule has 2 aliphatic heterocycles. The molecule has 0 saturated carbocycles. The predicted octanol–water partition coefficient (Wildman–Crippen LogP) is 3.89. The number of rotatable bonds is 7. The lowest BCUT2D eigenvalue weighted by molar-refractivity contribution is 0.0780. The molecular formula is C24H28ClN7O3S2. The van der Waals surface area contributed by atoms with Gasteiger partial charge in [-0.15, -0.1) is 0 Å². The van der Waals surface area contributed by atoms with Crippen LogP contribution in [0.25, 0.3) is 0 Å². The van der Waals surface area contributed by atoms with E-state index in [1.165, 1.54) is 17.5 Å². The average Bonchev–Trinajstić information content (AvgIpc) is 3.56. The Hall–Kier alpha value is -2.80. The Morgan fingerprint density at radius 1 is 1.08 bits per heavy atom. The highest BCUT2D eigenvalue weighted by Gasteiger charge is 2.40. The second-order valence-corrected chi connectivity index (χ2v) is 13.6. The molecule has 37 heavy (non-hydrogen) atoms. The smallest absolute Gasteiger partial charge is 0.265 e. The highest BCUT2D eigenvalue weighted by atomic mass is 35.5. The molecule has 0 unspecified atom stereocenters. The third-order valence-corrected chi connectivity index (χ3v) is 10.1. The molecule has 2 fully saturated rings. The van der Waals surface area contributed by atoms with Gasteiger partial charge in [0.05, 0.1) is 28.2 Å². The molecule has 2 aromatic heterocycles. The number of nitrogens with one attached hydrogen (secondary N) is 2. The van der Waals surface area contributed by atoms with Gasteiger partial charge in [-0.2, -0.15) is 4.98 Å². The summed E-state index contributed by atoms with van der Waals surface area (Å²) in [4.78, 5) is 30.9. The first-order valence-electron chi connectivity index (χ1n) is 11.9. The molecule has 3 aromatic rings. The van der Waals surface area contributed by atoms with E-state index in [1.807, 2.05) is 4.90 Å². The Bertz CT molecular complexity index is 1420. The van der Waals surface area contributed by atoms with Crippen LogP contribution in [0, 0.1) is 11.8 Å². The van der Waals surface area contributed by atoms with Gasteiger partial charge in [0.2, 0.25) is 5.95 Å². The minimum Gasteiger partial charge on any atom is -0.338 e. The van der Waals surface area contributed by atoms with Crippen LogP contribution in [0.3, 0.4) is 0 Å². The van der Waals surface area contributed by atoms with Crippen molar-refractivity contribution in [3.05, 3.63) is 46.6 Å². The summed E-state index contributed by atoms with van der Waals surface area (Å²) in [5.41, 5.74) is 0.367. The molecule has 10 nitrogen and oxygen atoms in total. The lowest BCUT2D eigenvalue weighted by Crippen LogP contribution is -2.31. The summed E-state index contributed by atoms with van der Waals surface area (Å²) in [6.07, 6.45) is 2.98. The van der Waals surface area contributed by atoms with Crippen molar-refractivity contribution in [2.75, 3.05) is 43.9 Å². The zero-order valence-electron chi connectivity index (χ0n) is 20.7. The van der Waals surface area contributed by atoms with E-state index >= 15 is 0 Å². The van der Waals surface area contributed by atoms with Gasteiger partial charge in [0.25, 0.3) is 5.91 Å². The minimum atomic E-state index is -3.53. The molecular weight excluding hydrogens is 534 g/mol. The first-order chi connectivity index (χ1) is 17.6. The van der Waals surface area contributed by atoms with Crippen molar-refractivity contribution in [2.45, 2.75) is 24.0 Å². The third-order valence-electron chi connectivity index (χ3n) is 6.70. The summed E-state index contributed by atoms with van der Waals surface area (Å²) in [5.74, 6) is 1.52. The molecule has 0 aliphatic carbocycles. The number of thiazole rings is 1. The normalized spacial score (nSPS) is 19.9. The number of carbonyl (C=O) groups is 1. The van der Waals surface area contributed by atoms with Crippen molar-refractivity contribution in [1.29, 1.82) is 0 Å². The Morgan fingerprint density at radius 2 is 1.78 bits per heavy atom. The van der Waals surface area contributed by atoms with Gasteiger partial charge in [0, 0.05) is 26.2 Å². The van der Waals surface area contributed by atoms with Gasteiger partial charge in [-0.05, 0) is 44.9 Å². The number of fused-ring (bicyclic) bond motifs is 1. The molecule has 196 valence electrons. The van der Waals surface area contributed by atoms with Gasteiger partial charge in [-0.25, -0.2) is 18.4 Å². The molecule has 2 atom stereocenters. The summed E-state index contributed by atoms with van der Waals surface area (Å²) in [5, 5.41) is 6.16. The van der Waals surface area contributed by atoms with Gasteiger partial charge in [0.1, 0.15) is 9.90 Å². The number of hydrogen-bond acceptors (Lipinski definition) is 10. The molecule has 2 aliphatic rings. The molecule has 4 heterocycles. The van der Waals surface area contributed by atoms with Crippen molar-refractivity contribution in [3.8, 4) is 0 Å². The Balaban J connectivity index is 1.30. The largest absolute Gasteiger partial charge is 0.338 e. The van der Waals surface area contributed by atoms with Crippen LogP contribution in [-0.4, -0.2) is 77.6 Å². The summed E-state index contributed by atoms with van der Waals surface area (Å²) >= 11 is 7.55. The number of nitrogens with zero attached hydrogens (tertiary/aromatic N) is 5. The summed E-state index contributed by atoms with van der Waals surface area (Å²) < 4.78 is 25.6. The minimum absolute atomic E-state index is 0.00930. The fourth-order valence-electron chi connectivity index (χ4n) is 4.79. The van der Waals surface area contributed by atoms with Crippen molar-refractivity contribution in [3.63, 3.8) is 0 Å². The van der Waals surface area contributed by atoms with Crippen LogP contribution < -0.4 is 10.6 Å². The van der Waals surface area contributed by atoms with Crippen LogP contribution in [0.1, 0.15) is 23.5 Å². The zero-order chi connectivity index (χ0) is 26.3. The average molecular weight is 562 g/mol. The predicted molar refractivity (Wildman–Crippen MR) is 145 cm³/mol. The van der Waals surface area contributed by atoms with Crippen LogP contribution in [-0.2, 0) is 9.84 Å². The summed E-state index contributed by atoms with van der Waals surface area (Å²) in [6, 6.07) is 6.61. The lowest BCUT2D eigenvalue weighted by Gasteiger charge is -2.18. The number of benzene rings is 1. The number of amides is 1. The number of hydrogen-bond donors (Lipinski definition) is 2. The number of para-hydroxylation sites is 1. The number of sulfone groups is 1. The van der Waals surface area contributed by atoms with Crippen molar-refractivity contribution in [2.24, 2.45) is 11.8 Å². The first-order valence-corrected chi connectivity index (χ1v) is 14.7. The van der Waals surface area contributed by atoms with E-state index in [2.05, 4.69) is 37.5 Å². The van der Waals surface area contributed by atoms with Gasteiger partial charge in [0.15, 0.2) is 20.8 Å². The number of aromatic nitrogens is 3. The third kappa shape index (κ3) is 5.28. The molecule has 2 saturated heterocycles. The van der Waals surface area contributed by atoms with Crippen molar-refractivity contribution in [1.82, 2.24) is 24.8 Å². The van der Waals surface area contributed by atoms with Crippen molar-refractivity contribution < 1.29 is 13.2 Å². The number of likely N-dealkylation sites (tertiary alicyclic amines) is 2. The summed E-state index contributed by atoms with van der Waals surface area (Å²) in [6.45, 7) is 6.87. The van der Waals surface area contributed by atoms with Crippen LogP contribution in [0.2, 0.25) is 5.02 Å². The SMILES string of the molecule is CC(C)S(=O)(=O)c1ccccc1Nc1nc(Nc2ncc(C(=O)N3C[C@H]4CN(C)C[C@H]4C3)s2)ncc1Cl. The fraction of sp³-hybridized carbons (Fsp3) is 0.417. The molecule has 0 bridgehead atoms. The van der Waals surface area contributed by atoms with Gasteiger partial charge >= 0.3 is 0 Å². The molecule has 1 aromatic carbocycles. The molecule has 5 rings (SSSR count). The van der Waals surface area contributed by atoms with Crippen LogP contribution in [0.5, 0.6) is 0 Å². The maximum Gasteiger partial charge on any atom is 0.265 e. The second-order valence-electron chi connectivity index (χ2n) is 9.71. The standard InChI is InChI=1S/C24H28ClN7O3S2/c1-14(2)37(34,35)20-7-5-4-6-18(20)28-21-17(25)8-26-23(29-21)30-24-27-9-19(36-24)22(33)32-12-15-10-31(3)11-16(15)13-32/h4-9,14-16H,10-13H2,1-3H3,(H2,26,27,28,29,30)/t15-,16+. The monoisotopic (exact) mass is 561 g/mol. The maximum atomic E-state index is 13.0. The molecule has 0 spiro atoms. The van der Waals surface area contributed by atoms with E-state index in [1.54, 1.807) is 44.3 Å². The van der Waals surface area contributed by atoms with Crippen LogP contribution in [0.4, 0.5) is 22.6 Å². The molecule has 0 radical (unpaired) electrons. The first kappa shape index (κ1) is 25.8. The Labute approximate surface area is 225 Å². The van der Waals surface area contributed by atoms with E-state index < -0.39 is 15.1 Å². The highest BCUT2D eigenvalue weighted by Crippen LogP contribution is 2.33. The van der Waals surface area contributed by atoms with Gasteiger partial charge in [-0.1, -0.05) is 35.1 Å². The summed E-state index contributed by atoms with van der Waals surface area (Å²) in [7, 11) is -1.41. The number of halogens is 1. The van der Waals surface area contributed by atoms with Gasteiger partial charge in [-0.3, -0.25) is 10.1 Å². The Kier molecular flexibility index (Phi) is 7.10. The molecule has 13 heteroatoms. The quantitative estimate of drug-likeness (QED) is 0.442.